The highest BCUT2D eigenvalue weighted by Crippen LogP contribution is 2.26. The number of aryl methyl sites for hydroxylation is 1. The van der Waals surface area contributed by atoms with Gasteiger partial charge < -0.3 is 19.2 Å². The predicted octanol–water partition coefficient (Wildman–Crippen LogP) is 4.39. The van der Waals surface area contributed by atoms with E-state index in [0.717, 1.165) is 43.3 Å². The van der Waals surface area contributed by atoms with Crippen molar-refractivity contribution < 1.29 is 13.7 Å². The number of aromatic nitrogens is 2. The fraction of sp³-hybridized carbons (Fsp3) is 0.444. The molecule has 0 aliphatic carbocycles. The molecule has 0 unspecified atom stereocenters. The van der Waals surface area contributed by atoms with Crippen LogP contribution in [0.4, 0.5) is 15.8 Å². The minimum absolute atomic E-state index is 0.0868. The summed E-state index contributed by atoms with van der Waals surface area (Å²) in [5, 5.41) is 4.12. The summed E-state index contributed by atoms with van der Waals surface area (Å²) in [7, 11) is 0. The van der Waals surface area contributed by atoms with Gasteiger partial charge in [0.05, 0.1) is 0 Å². The quantitative estimate of drug-likeness (QED) is 0.525. The molecule has 0 atom stereocenters. The number of piperazine rings is 1. The molecule has 2 saturated heterocycles. The van der Waals surface area contributed by atoms with E-state index >= 15 is 0 Å². The van der Waals surface area contributed by atoms with E-state index < -0.39 is 0 Å². The van der Waals surface area contributed by atoms with Gasteiger partial charge in [-0.05, 0) is 67.3 Å². The number of rotatable bonds is 6. The van der Waals surface area contributed by atoms with Crippen LogP contribution in [0.5, 0.6) is 0 Å². The van der Waals surface area contributed by atoms with Gasteiger partial charge in [0.15, 0.2) is 0 Å². The molecule has 0 saturated carbocycles. The first-order chi connectivity index (χ1) is 17.0. The van der Waals surface area contributed by atoms with Crippen LogP contribution in [-0.4, -0.2) is 60.2 Å². The maximum Gasteiger partial charge on any atom is 0.227 e. The van der Waals surface area contributed by atoms with Gasteiger partial charge in [-0.1, -0.05) is 12.1 Å². The Labute approximate surface area is 205 Å². The number of amides is 1. The summed E-state index contributed by atoms with van der Waals surface area (Å²) >= 11 is 0. The number of nitrogens with zero attached hydrogens (tertiary/aromatic N) is 5. The van der Waals surface area contributed by atoms with E-state index in [1.165, 1.54) is 30.7 Å². The van der Waals surface area contributed by atoms with Gasteiger partial charge in [-0.3, -0.25) is 4.79 Å². The van der Waals surface area contributed by atoms with Crippen LogP contribution >= 0.6 is 0 Å². The van der Waals surface area contributed by atoms with E-state index in [2.05, 4.69) is 39.0 Å². The third-order valence-electron chi connectivity index (χ3n) is 7.12. The van der Waals surface area contributed by atoms with E-state index in [1.807, 2.05) is 17.0 Å². The lowest BCUT2D eigenvalue weighted by Gasteiger charge is -2.36. The largest absolute Gasteiger partial charge is 0.372 e. The van der Waals surface area contributed by atoms with Crippen LogP contribution in [0.3, 0.4) is 0 Å². The predicted molar refractivity (Wildman–Crippen MR) is 134 cm³/mol. The van der Waals surface area contributed by atoms with Crippen molar-refractivity contribution in [2.75, 3.05) is 49.1 Å². The summed E-state index contributed by atoms with van der Waals surface area (Å²) < 4.78 is 18.6. The summed E-state index contributed by atoms with van der Waals surface area (Å²) in [6.07, 6.45) is 3.23. The number of benzene rings is 2. The lowest BCUT2D eigenvalue weighted by Crippen LogP contribution is -2.48. The van der Waals surface area contributed by atoms with Crippen LogP contribution in [0, 0.1) is 11.7 Å². The molecule has 2 aliphatic rings. The van der Waals surface area contributed by atoms with Gasteiger partial charge >= 0.3 is 0 Å². The second-order valence-electron chi connectivity index (χ2n) is 9.57. The number of carbonyl (C=O) groups excluding carboxylic acids is 1. The molecule has 3 aromatic rings. The lowest BCUT2D eigenvalue weighted by molar-refractivity contribution is -0.131. The number of anilines is 2. The number of piperidine rings is 1. The zero-order valence-corrected chi connectivity index (χ0v) is 20.2. The maximum absolute atomic E-state index is 13.2. The molecule has 0 radical (unpaired) electrons. The second kappa shape index (κ2) is 10.5. The Bertz CT molecular complexity index is 1120. The molecular weight excluding hydrogens is 445 g/mol. The van der Waals surface area contributed by atoms with Crippen LogP contribution in [0.2, 0.25) is 0 Å². The number of carbonyl (C=O) groups is 1. The van der Waals surface area contributed by atoms with E-state index in [9.17, 15) is 9.18 Å². The van der Waals surface area contributed by atoms with Crippen molar-refractivity contribution in [3.05, 3.63) is 60.2 Å². The minimum atomic E-state index is -0.240. The summed E-state index contributed by atoms with van der Waals surface area (Å²) in [5.74, 6) is 1.69. The fourth-order valence-electron chi connectivity index (χ4n) is 4.80. The summed E-state index contributed by atoms with van der Waals surface area (Å²) in [5.41, 5.74) is 3.13. The van der Waals surface area contributed by atoms with Gasteiger partial charge in [0.1, 0.15) is 5.82 Å². The Balaban J connectivity index is 1.10. The molecule has 2 aliphatic heterocycles. The van der Waals surface area contributed by atoms with Gasteiger partial charge in [-0.15, -0.1) is 0 Å². The van der Waals surface area contributed by atoms with Gasteiger partial charge in [-0.25, -0.2) is 4.39 Å². The fourth-order valence-corrected chi connectivity index (χ4v) is 4.80. The zero-order chi connectivity index (χ0) is 24.2. The Morgan fingerprint density at radius 3 is 2.17 bits per heavy atom. The summed E-state index contributed by atoms with van der Waals surface area (Å²) in [6.45, 7) is 7.27. The van der Waals surface area contributed by atoms with Gasteiger partial charge in [0.25, 0.3) is 0 Å². The van der Waals surface area contributed by atoms with Crippen LogP contribution in [0.15, 0.2) is 53.1 Å². The third kappa shape index (κ3) is 5.63. The third-order valence-corrected chi connectivity index (χ3v) is 7.12. The first-order valence-corrected chi connectivity index (χ1v) is 12.5. The molecule has 0 bridgehead atoms. The SMILES string of the molecule is CC1CCN(c2ccc(-c3noc(CCC(=O)N4CCN(c5ccc(F)cc5)CC4)n3)cc2)CC1. The maximum atomic E-state index is 13.2. The van der Waals surface area contributed by atoms with Crippen molar-refractivity contribution in [2.45, 2.75) is 32.6 Å². The van der Waals surface area contributed by atoms with Crippen LogP contribution in [0.1, 0.15) is 32.1 Å². The molecule has 0 spiro atoms. The van der Waals surface area contributed by atoms with Gasteiger partial charge in [0.2, 0.25) is 17.6 Å². The molecule has 8 heteroatoms. The Hall–Kier alpha value is -3.42. The van der Waals surface area contributed by atoms with Crippen molar-refractivity contribution in [3.63, 3.8) is 0 Å². The zero-order valence-electron chi connectivity index (χ0n) is 20.2. The van der Waals surface area contributed by atoms with E-state index in [-0.39, 0.29) is 11.7 Å². The first kappa shape index (κ1) is 23.3. The highest BCUT2D eigenvalue weighted by molar-refractivity contribution is 5.76. The Morgan fingerprint density at radius 2 is 1.51 bits per heavy atom. The standard InChI is InChI=1S/C27H32FN5O2/c1-20-12-14-31(15-13-20)23-6-2-21(3-7-23)27-29-25(35-30-27)10-11-26(34)33-18-16-32(17-19-33)24-8-4-22(28)5-9-24/h2-9,20H,10-19H2,1H3. The molecule has 7 nitrogen and oxygen atoms in total. The van der Waals surface area contributed by atoms with Crippen LogP contribution < -0.4 is 9.80 Å². The Morgan fingerprint density at radius 1 is 0.914 bits per heavy atom. The molecule has 5 rings (SSSR count). The van der Waals surface area contributed by atoms with E-state index in [0.29, 0.717) is 37.6 Å². The van der Waals surface area contributed by atoms with Gasteiger partial charge in [0, 0.05) is 69.0 Å². The Kier molecular flexibility index (Phi) is 6.97. The first-order valence-electron chi connectivity index (χ1n) is 12.5. The van der Waals surface area contributed by atoms with Crippen molar-refractivity contribution in [3.8, 4) is 11.4 Å². The second-order valence-corrected chi connectivity index (χ2v) is 9.57. The highest BCUT2D eigenvalue weighted by atomic mass is 19.1. The van der Waals surface area contributed by atoms with E-state index in [1.54, 1.807) is 12.1 Å². The topological polar surface area (TPSA) is 65.7 Å². The van der Waals surface area contributed by atoms with Crippen molar-refractivity contribution in [1.82, 2.24) is 15.0 Å². The molecule has 2 aromatic carbocycles. The smallest absolute Gasteiger partial charge is 0.227 e. The molecule has 3 heterocycles. The molecule has 35 heavy (non-hydrogen) atoms. The molecule has 184 valence electrons. The van der Waals surface area contributed by atoms with Crippen molar-refractivity contribution in [2.24, 2.45) is 5.92 Å². The molecule has 1 aromatic heterocycles. The minimum Gasteiger partial charge on any atom is -0.372 e. The number of hydrogen-bond acceptors (Lipinski definition) is 6. The normalized spacial score (nSPS) is 17.1. The average molecular weight is 478 g/mol. The lowest BCUT2D eigenvalue weighted by atomic mass is 9.98. The summed E-state index contributed by atoms with van der Waals surface area (Å²) in [4.78, 5) is 23.7. The van der Waals surface area contributed by atoms with E-state index in [4.69, 9.17) is 4.52 Å². The number of halogens is 1. The van der Waals surface area contributed by atoms with Crippen LogP contribution in [0.25, 0.3) is 11.4 Å². The molecule has 1 amide bonds. The van der Waals surface area contributed by atoms with Crippen molar-refractivity contribution in [1.29, 1.82) is 0 Å². The molecular formula is C27H32FN5O2. The summed E-state index contributed by atoms with van der Waals surface area (Å²) in [6, 6.07) is 14.8. The van der Waals surface area contributed by atoms with Crippen molar-refractivity contribution >= 4 is 17.3 Å². The monoisotopic (exact) mass is 477 g/mol. The average Bonchev–Trinajstić information content (AvgIpc) is 3.38. The number of hydrogen-bond donors (Lipinski definition) is 0. The molecule has 2 fully saturated rings. The highest BCUT2D eigenvalue weighted by Gasteiger charge is 2.22. The van der Waals surface area contributed by atoms with Crippen LogP contribution in [-0.2, 0) is 11.2 Å². The van der Waals surface area contributed by atoms with Gasteiger partial charge in [-0.2, -0.15) is 4.98 Å². The molecule has 0 N–H and O–H groups in total.